The highest BCUT2D eigenvalue weighted by atomic mass is 19.1. The molecule has 2 N–H and O–H groups in total. The number of piperidine rings is 1. The fraction of sp³-hybridized carbons (Fsp3) is 0.360. The maximum atomic E-state index is 14.5. The molecule has 0 spiro atoms. The van der Waals surface area contributed by atoms with Gasteiger partial charge in [-0.3, -0.25) is 9.89 Å². The van der Waals surface area contributed by atoms with Crippen LogP contribution in [-0.2, 0) is 6.42 Å². The Morgan fingerprint density at radius 1 is 1.15 bits per heavy atom. The quantitative estimate of drug-likeness (QED) is 0.506. The summed E-state index contributed by atoms with van der Waals surface area (Å²) >= 11 is 0. The van der Waals surface area contributed by atoms with E-state index in [0.29, 0.717) is 18.8 Å². The lowest BCUT2D eigenvalue weighted by Gasteiger charge is -2.32. The fourth-order valence-corrected chi connectivity index (χ4v) is 4.50. The highest BCUT2D eigenvalue weighted by molar-refractivity contribution is 5.96. The van der Waals surface area contributed by atoms with Gasteiger partial charge in [-0.1, -0.05) is 6.07 Å². The number of aromatic amines is 1. The number of ether oxygens (including phenoxy) is 3. The number of aromatic nitrogens is 2. The molecule has 2 aliphatic heterocycles. The molecule has 1 saturated heterocycles. The first-order valence-corrected chi connectivity index (χ1v) is 11.2. The lowest BCUT2D eigenvalue weighted by Crippen LogP contribution is -2.38. The maximum Gasteiger partial charge on any atom is 0.231 e. The summed E-state index contributed by atoms with van der Waals surface area (Å²) in [4.78, 5) is 12.7. The number of benzene rings is 2. The van der Waals surface area contributed by atoms with E-state index in [9.17, 15) is 9.18 Å². The fourth-order valence-electron chi connectivity index (χ4n) is 4.50. The molecule has 2 aromatic carbocycles. The Morgan fingerprint density at radius 2 is 2.06 bits per heavy atom. The van der Waals surface area contributed by atoms with E-state index in [1.807, 2.05) is 24.3 Å². The number of fused-ring (bicyclic) bond motifs is 1. The molecule has 1 fully saturated rings. The summed E-state index contributed by atoms with van der Waals surface area (Å²) in [7, 11) is 0. The highest BCUT2D eigenvalue weighted by Gasteiger charge is 2.28. The van der Waals surface area contributed by atoms with E-state index >= 15 is 0 Å². The van der Waals surface area contributed by atoms with Crippen LogP contribution < -0.4 is 19.5 Å². The third-order valence-electron chi connectivity index (χ3n) is 6.31. The van der Waals surface area contributed by atoms with Crippen LogP contribution in [0.3, 0.4) is 0 Å². The van der Waals surface area contributed by atoms with E-state index in [-0.39, 0.29) is 36.4 Å². The van der Waals surface area contributed by atoms with E-state index in [2.05, 4.69) is 15.5 Å². The first-order chi connectivity index (χ1) is 16.2. The Bertz CT molecular complexity index is 1120. The molecule has 0 unspecified atom stereocenters. The zero-order chi connectivity index (χ0) is 22.6. The third-order valence-corrected chi connectivity index (χ3v) is 6.31. The van der Waals surface area contributed by atoms with E-state index in [0.717, 1.165) is 42.3 Å². The van der Waals surface area contributed by atoms with Gasteiger partial charge in [0.05, 0.1) is 12.2 Å². The highest BCUT2D eigenvalue weighted by Crippen LogP contribution is 2.36. The van der Waals surface area contributed by atoms with Crippen LogP contribution in [0.2, 0.25) is 0 Å². The number of rotatable bonds is 8. The standard InChI is InChI=1S/C25H26FN3O4/c26-22-4-1-16(11-21(22)23(30)5-2-18-7-10-28-29-18)20-8-9-27-13-17(20)14-31-19-3-6-24-25(12-19)33-15-32-24/h1,3-4,6-7,10-12,17,20,27H,2,5,8-9,13-15H2,(H,28,29)/t17-,20-/m0/s1. The van der Waals surface area contributed by atoms with Gasteiger partial charge in [0, 0.05) is 36.8 Å². The Hall–Kier alpha value is -3.39. The molecule has 5 rings (SSSR count). The minimum Gasteiger partial charge on any atom is -0.493 e. The number of hydrogen-bond acceptors (Lipinski definition) is 6. The Balaban J connectivity index is 1.28. The van der Waals surface area contributed by atoms with Gasteiger partial charge in [0.25, 0.3) is 0 Å². The van der Waals surface area contributed by atoms with Crippen LogP contribution in [0.5, 0.6) is 17.2 Å². The molecule has 2 aliphatic rings. The summed E-state index contributed by atoms with van der Waals surface area (Å²) in [5.41, 5.74) is 1.99. The molecular weight excluding hydrogens is 425 g/mol. The number of nitrogens with zero attached hydrogens (tertiary/aromatic N) is 1. The van der Waals surface area contributed by atoms with Crippen molar-refractivity contribution in [1.82, 2.24) is 15.5 Å². The second-order valence-electron chi connectivity index (χ2n) is 8.43. The molecule has 0 bridgehead atoms. The van der Waals surface area contributed by atoms with Crippen LogP contribution in [-0.4, -0.2) is 42.5 Å². The maximum absolute atomic E-state index is 14.5. The summed E-state index contributed by atoms with van der Waals surface area (Å²) < 4.78 is 31.4. The van der Waals surface area contributed by atoms with Gasteiger partial charge in [0.15, 0.2) is 17.3 Å². The number of hydrogen-bond donors (Lipinski definition) is 2. The number of H-pyrrole nitrogens is 1. The largest absolute Gasteiger partial charge is 0.493 e. The molecule has 0 amide bonds. The summed E-state index contributed by atoms with van der Waals surface area (Å²) in [6.07, 6.45) is 3.26. The molecule has 0 aliphatic carbocycles. The van der Waals surface area contributed by atoms with Crippen molar-refractivity contribution in [2.75, 3.05) is 26.5 Å². The van der Waals surface area contributed by atoms with Crippen molar-refractivity contribution >= 4 is 5.78 Å². The van der Waals surface area contributed by atoms with Gasteiger partial charge in [-0.15, -0.1) is 0 Å². The van der Waals surface area contributed by atoms with Crippen molar-refractivity contribution in [1.29, 1.82) is 0 Å². The molecule has 0 radical (unpaired) electrons. The van der Waals surface area contributed by atoms with Gasteiger partial charge in [0.2, 0.25) is 6.79 Å². The Morgan fingerprint density at radius 3 is 2.94 bits per heavy atom. The molecule has 172 valence electrons. The van der Waals surface area contributed by atoms with Gasteiger partial charge in [-0.05, 0) is 61.2 Å². The van der Waals surface area contributed by atoms with Crippen molar-refractivity contribution in [2.45, 2.75) is 25.2 Å². The van der Waals surface area contributed by atoms with Crippen molar-refractivity contribution < 1.29 is 23.4 Å². The molecule has 33 heavy (non-hydrogen) atoms. The molecule has 8 heteroatoms. The number of nitrogens with one attached hydrogen (secondary N) is 2. The normalized spacial score (nSPS) is 19.4. The number of carbonyl (C=O) groups is 1. The molecule has 7 nitrogen and oxygen atoms in total. The lowest BCUT2D eigenvalue weighted by atomic mass is 9.80. The summed E-state index contributed by atoms with van der Waals surface area (Å²) in [6, 6.07) is 12.3. The van der Waals surface area contributed by atoms with Crippen LogP contribution in [0, 0.1) is 11.7 Å². The van der Waals surface area contributed by atoms with E-state index in [1.54, 1.807) is 18.3 Å². The SMILES string of the molecule is O=C(CCc1ccn[nH]1)c1cc([C@@H]2CCNC[C@H]2COc2ccc3c(c2)OCO3)ccc1F. The zero-order valence-electron chi connectivity index (χ0n) is 18.2. The Labute approximate surface area is 191 Å². The average Bonchev–Trinajstić information content (AvgIpc) is 3.53. The number of ketones is 1. The van der Waals surface area contributed by atoms with E-state index in [1.165, 1.54) is 6.07 Å². The van der Waals surface area contributed by atoms with Gasteiger partial charge in [0.1, 0.15) is 11.6 Å². The number of Topliss-reactive ketones (excluding diaryl/α,β-unsaturated/α-hetero) is 1. The minimum atomic E-state index is -0.476. The average molecular weight is 451 g/mol. The van der Waals surface area contributed by atoms with Crippen LogP contribution in [0.1, 0.15) is 40.4 Å². The second-order valence-corrected chi connectivity index (χ2v) is 8.43. The molecule has 3 heterocycles. The summed E-state index contributed by atoms with van der Waals surface area (Å²) in [5, 5.41) is 10.1. The van der Waals surface area contributed by atoms with Crippen LogP contribution in [0.4, 0.5) is 4.39 Å². The van der Waals surface area contributed by atoms with Crippen molar-refractivity contribution in [3.63, 3.8) is 0 Å². The summed E-state index contributed by atoms with van der Waals surface area (Å²) in [5.74, 6) is 1.79. The smallest absolute Gasteiger partial charge is 0.231 e. The number of aryl methyl sites for hydroxylation is 1. The van der Waals surface area contributed by atoms with Crippen LogP contribution in [0.25, 0.3) is 0 Å². The molecular formula is C25H26FN3O4. The van der Waals surface area contributed by atoms with Crippen LogP contribution >= 0.6 is 0 Å². The van der Waals surface area contributed by atoms with E-state index < -0.39 is 5.82 Å². The molecule has 1 aromatic heterocycles. The second kappa shape index (κ2) is 9.62. The molecule has 3 aromatic rings. The van der Waals surface area contributed by atoms with Gasteiger partial charge in [-0.25, -0.2) is 4.39 Å². The van der Waals surface area contributed by atoms with Gasteiger partial charge >= 0.3 is 0 Å². The minimum absolute atomic E-state index is 0.154. The Kier molecular flexibility index (Phi) is 6.26. The van der Waals surface area contributed by atoms with Crippen molar-refractivity contribution in [2.24, 2.45) is 5.92 Å². The predicted octanol–water partition coefficient (Wildman–Crippen LogP) is 3.87. The topological polar surface area (TPSA) is 85.5 Å². The summed E-state index contributed by atoms with van der Waals surface area (Å²) in [6.45, 7) is 2.38. The lowest BCUT2D eigenvalue weighted by molar-refractivity contribution is 0.0978. The third kappa shape index (κ3) is 4.85. The first-order valence-electron chi connectivity index (χ1n) is 11.2. The molecule has 2 atom stereocenters. The van der Waals surface area contributed by atoms with Crippen molar-refractivity contribution in [3.8, 4) is 17.2 Å². The molecule has 0 saturated carbocycles. The predicted molar refractivity (Wildman–Crippen MR) is 119 cm³/mol. The van der Waals surface area contributed by atoms with Crippen LogP contribution in [0.15, 0.2) is 48.7 Å². The zero-order valence-corrected chi connectivity index (χ0v) is 18.2. The van der Waals surface area contributed by atoms with Gasteiger partial charge < -0.3 is 19.5 Å². The van der Waals surface area contributed by atoms with Crippen molar-refractivity contribution in [3.05, 3.63) is 71.3 Å². The first kappa shape index (κ1) is 21.5. The van der Waals surface area contributed by atoms with E-state index in [4.69, 9.17) is 14.2 Å². The number of carbonyl (C=O) groups excluding carboxylic acids is 1. The monoisotopic (exact) mass is 451 g/mol. The number of halogens is 1. The van der Waals surface area contributed by atoms with Gasteiger partial charge in [-0.2, -0.15) is 5.10 Å².